The molecular formula is C22H25ClFN5O3. The summed E-state index contributed by atoms with van der Waals surface area (Å²) in [5.74, 6) is -0.542. The largest absolute Gasteiger partial charge is 0.489 e. The highest BCUT2D eigenvalue weighted by atomic mass is 35.5. The zero-order valence-electron chi connectivity index (χ0n) is 17.5. The summed E-state index contributed by atoms with van der Waals surface area (Å²) in [5.41, 5.74) is 0.608. The van der Waals surface area contributed by atoms with Crippen molar-refractivity contribution in [1.82, 2.24) is 19.8 Å². The highest BCUT2D eigenvalue weighted by Gasteiger charge is 2.35. The fourth-order valence-electron chi connectivity index (χ4n) is 4.12. The normalized spacial score (nSPS) is 20.0. The summed E-state index contributed by atoms with van der Waals surface area (Å²) in [5, 5.41) is 17.8. The van der Waals surface area contributed by atoms with Crippen LogP contribution < -0.4 is 4.74 Å². The average Bonchev–Trinajstić information content (AvgIpc) is 3.17. The Morgan fingerprint density at radius 2 is 2.00 bits per heavy atom. The molecule has 2 aliphatic rings. The van der Waals surface area contributed by atoms with Crippen LogP contribution in [-0.4, -0.2) is 81.9 Å². The summed E-state index contributed by atoms with van der Waals surface area (Å²) in [6.45, 7) is 2.68. The monoisotopic (exact) mass is 461 g/mol. The Labute approximate surface area is 190 Å². The zero-order valence-corrected chi connectivity index (χ0v) is 18.3. The first-order chi connectivity index (χ1) is 15.4. The summed E-state index contributed by atoms with van der Waals surface area (Å²) in [6, 6.07) is 3.92. The van der Waals surface area contributed by atoms with Crippen LogP contribution in [0, 0.1) is 11.2 Å². The lowest BCUT2D eigenvalue weighted by atomic mass is 10.1. The number of rotatable bonds is 6. The van der Waals surface area contributed by atoms with Crippen molar-refractivity contribution in [1.29, 1.82) is 5.41 Å². The maximum atomic E-state index is 14.0. The van der Waals surface area contributed by atoms with Gasteiger partial charge in [0.1, 0.15) is 23.5 Å². The zero-order chi connectivity index (χ0) is 22.7. The summed E-state index contributed by atoms with van der Waals surface area (Å²) in [7, 11) is 0. The van der Waals surface area contributed by atoms with E-state index in [4.69, 9.17) is 26.9 Å². The van der Waals surface area contributed by atoms with Crippen LogP contribution in [0.5, 0.6) is 5.75 Å². The lowest BCUT2D eigenvalue weighted by Gasteiger charge is -2.32. The standard InChI is InChI=1S/C22H25ClFN5O3/c23-14-10-26-21(27-11-14)18-12-29(13-19(18)25)22(31)17-2-1-15(24)9-20(17)32-16-3-5-28(6-4-16)7-8-30/h1-2,9-11,16,18,25,30H,3-8,12-13H2. The fourth-order valence-corrected chi connectivity index (χ4v) is 4.22. The van der Waals surface area contributed by atoms with E-state index in [1.54, 1.807) is 0 Å². The Bertz CT molecular complexity index is 982. The highest BCUT2D eigenvalue weighted by Crippen LogP contribution is 2.29. The van der Waals surface area contributed by atoms with Crippen molar-refractivity contribution in [3.05, 3.63) is 52.8 Å². The van der Waals surface area contributed by atoms with Crippen LogP contribution in [0.4, 0.5) is 4.39 Å². The van der Waals surface area contributed by atoms with Gasteiger partial charge >= 0.3 is 0 Å². The van der Waals surface area contributed by atoms with Crippen molar-refractivity contribution >= 4 is 23.2 Å². The van der Waals surface area contributed by atoms with Crippen molar-refractivity contribution in [2.45, 2.75) is 24.9 Å². The van der Waals surface area contributed by atoms with Gasteiger partial charge in [0.15, 0.2) is 0 Å². The van der Waals surface area contributed by atoms with E-state index in [1.807, 2.05) is 0 Å². The third-order valence-corrected chi connectivity index (χ3v) is 6.04. The number of piperidine rings is 1. The Morgan fingerprint density at radius 3 is 2.69 bits per heavy atom. The second-order valence-electron chi connectivity index (χ2n) is 8.05. The molecule has 8 nitrogen and oxygen atoms in total. The summed E-state index contributed by atoms with van der Waals surface area (Å²) in [6.07, 6.45) is 4.27. The number of nitrogens with one attached hydrogen (secondary N) is 1. The number of β-amino-alcohol motifs (C(OH)–C–C–N with tert-alkyl or cyclic N) is 1. The number of aliphatic hydroxyl groups is 1. The Kier molecular flexibility index (Phi) is 6.98. The number of likely N-dealkylation sites (tertiary alicyclic amines) is 2. The number of amides is 1. The number of ether oxygens (including phenoxy) is 1. The lowest BCUT2D eigenvalue weighted by molar-refractivity contribution is 0.0756. The molecule has 32 heavy (non-hydrogen) atoms. The SMILES string of the molecule is N=C1CN(C(=O)c2ccc(F)cc2OC2CCN(CCO)CC2)CC1c1ncc(Cl)cn1. The van der Waals surface area contributed by atoms with Gasteiger partial charge in [-0.25, -0.2) is 14.4 Å². The topological polar surface area (TPSA) is 103 Å². The third kappa shape index (κ3) is 5.06. The molecule has 0 saturated carbocycles. The number of aromatic nitrogens is 2. The van der Waals surface area contributed by atoms with Crippen molar-refractivity contribution < 1.29 is 19.0 Å². The molecule has 170 valence electrons. The van der Waals surface area contributed by atoms with Gasteiger partial charge < -0.3 is 25.1 Å². The molecule has 1 aromatic heterocycles. The van der Waals surface area contributed by atoms with Gasteiger partial charge in [0.25, 0.3) is 5.91 Å². The first-order valence-electron chi connectivity index (χ1n) is 10.6. The molecule has 0 spiro atoms. The summed E-state index contributed by atoms with van der Waals surface area (Å²) >= 11 is 5.85. The van der Waals surface area contributed by atoms with Gasteiger partial charge in [0.05, 0.1) is 29.7 Å². The molecule has 1 unspecified atom stereocenters. The minimum absolute atomic E-state index is 0.112. The molecule has 1 atom stereocenters. The fraction of sp³-hybridized carbons (Fsp3) is 0.455. The Balaban J connectivity index is 1.47. The van der Waals surface area contributed by atoms with Crippen LogP contribution in [0.25, 0.3) is 0 Å². The van der Waals surface area contributed by atoms with Crippen LogP contribution in [0.1, 0.15) is 34.9 Å². The molecule has 1 amide bonds. The third-order valence-electron chi connectivity index (χ3n) is 5.84. The second kappa shape index (κ2) is 9.89. The number of halogens is 2. The molecule has 2 aromatic rings. The van der Waals surface area contributed by atoms with Crippen LogP contribution in [0.3, 0.4) is 0 Å². The van der Waals surface area contributed by atoms with Gasteiger partial charge in [-0.3, -0.25) is 4.79 Å². The molecule has 4 rings (SSSR count). The quantitative estimate of drug-likeness (QED) is 0.684. The lowest BCUT2D eigenvalue weighted by Crippen LogP contribution is -2.39. The first-order valence-corrected chi connectivity index (χ1v) is 11.0. The molecule has 0 radical (unpaired) electrons. The number of hydrogen-bond donors (Lipinski definition) is 2. The van der Waals surface area contributed by atoms with Crippen LogP contribution in [0.2, 0.25) is 5.02 Å². The molecule has 10 heteroatoms. The van der Waals surface area contributed by atoms with Gasteiger partial charge in [-0.05, 0) is 25.0 Å². The maximum absolute atomic E-state index is 14.0. The predicted molar refractivity (Wildman–Crippen MR) is 117 cm³/mol. The molecule has 3 heterocycles. The number of hydrogen-bond acceptors (Lipinski definition) is 7. The van der Waals surface area contributed by atoms with Crippen LogP contribution in [-0.2, 0) is 0 Å². The smallest absolute Gasteiger partial charge is 0.257 e. The summed E-state index contributed by atoms with van der Waals surface area (Å²) in [4.78, 5) is 25.3. The molecule has 2 saturated heterocycles. The molecule has 2 N–H and O–H groups in total. The van der Waals surface area contributed by atoms with Crippen molar-refractivity contribution in [3.63, 3.8) is 0 Å². The van der Waals surface area contributed by atoms with Crippen molar-refractivity contribution in [2.24, 2.45) is 0 Å². The van der Waals surface area contributed by atoms with Crippen LogP contribution >= 0.6 is 11.6 Å². The number of aliphatic hydroxyl groups excluding tert-OH is 1. The van der Waals surface area contributed by atoms with E-state index in [9.17, 15) is 9.18 Å². The second-order valence-corrected chi connectivity index (χ2v) is 8.48. The molecule has 2 fully saturated rings. The van der Waals surface area contributed by atoms with E-state index in [2.05, 4.69) is 14.9 Å². The average molecular weight is 462 g/mol. The van der Waals surface area contributed by atoms with Crippen molar-refractivity contribution in [3.8, 4) is 5.75 Å². The molecule has 0 bridgehead atoms. The molecule has 2 aliphatic heterocycles. The molecular weight excluding hydrogens is 437 g/mol. The van der Waals surface area contributed by atoms with Gasteiger partial charge in [0.2, 0.25) is 0 Å². The van der Waals surface area contributed by atoms with Gasteiger partial charge in [-0.1, -0.05) is 11.6 Å². The first kappa shape index (κ1) is 22.6. The summed E-state index contributed by atoms with van der Waals surface area (Å²) < 4.78 is 20.0. The van der Waals surface area contributed by atoms with E-state index < -0.39 is 11.7 Å². The number of nitrogens with zero attached hydrogens (tertiary/aromatic N) is 4. The van der Waals surface area contributed by atoms with E-state index in [0.29, 0.717) is 23.1 Å². The number of carbonyl (C=O) groups excluding carboxylic acids is 1. The Hall–Kier alpha value is -2.62. The van der Waals surface area contributed by atoms with E-state index >= 15 is 0 Å². The number of benzene rings is 1. The van der Waals surface area contributed by atoms with E-state index in [-0.39, 0.29) is 43.0 Å². The minimum atomic E-state index is -0.476. The van der Waals surface area contributed by atoms with Crippen LogP contribution in [0.15, 0.2) is 30.6 Å². The van der Waals surface area contributed by atoms with Crippen molar-refractivity contribution in [2.75, 3.05) is 39.3 Å². The highest BCUT2D eigenvalue weighted by molar-refractivity contribution is 6.30. The van der Waals surface area contributed by atoms with Gasteiger partial charge in [-0.15, -0.1) is 0 Å². The maximum Gasteiger partial charge on any atom is 0.257 e. The minimum Gasteiger partial charge on any atom is -0.489 e. The Morgan fingerprint density at radius 1 is 1.28 bits per heavy atom. The van der Waals surface area contributed by atoms with E-state index in [1.165, 1.54) is 35.5 Å². The molecule has 0 aliphatic carbocycles. The number of carbonyl (C=O) groups is 1. The predicted octanol–water partition coefficient (Wildman–Crippen LogP) is 2.36. The van der Waals surface area contributed by atoms with Gasteiger partial charge in [-0.2, -0.15) is 0 Å². The van der Waals surface area contributed by atoms with E-state index in [0.717, 1.165) is 25.9 Å². The van der Waals surface area contributed by atoms with Gasteiger partial charge in [0, 0.05) is 50.4 Å². The molecule has 1 aromatic carbocycles.